The van der Waals surface area contributed by atoms with Gasteiger partial charge < -0.3 is 10.2 Å². The van der Waals surface area contributed by atoms with Crippen molar-refractivity contribution in [2.75, 3.05) is 5.75 Å². The van der Waals surface area contributed by atoms with Gasteiger partial charge in [0, 0.05) is 18.5 Å². The fourth-order valence-electron chi connectivity index (χ4n) is 1.74. The lowest BCUT2D eigenvalue weighted by atomic mass is 10.1. The number of fused-ring (bicyclic) bond motifs is 1. The van der Waals surface area contributed by atoms with Crippen molar-refractivity contribution >= 4 is 23.3 Å². The third kappa shape index (κ3) is 2.79. The summed E-state index contributed by atoms with van der Waals surface area (Å²) in [5.41, 5.74) is 0.155. The van der Waals surface area contributed by atoms with Crippen LogP contribution in [0.25, 0.3) is 5.78 Å². The van der Waals surface area contributed by atoms with E-state index in [0.717, 1.165) is 17.8 Å². The van der Waals surface area contributed by atoms with Crippen molar-refractivity contribution < 1.29 is 15.0 Å². The summed E-state index contributed by atoms with van der Waals surface area (Å²) in [6.45, 7) is 0. The summed E-state index contributed by atoms with van der Waals surface area (Å²) in [6.07, 6.45) is 3.32. The first-order valence-corrected chi connectivity index (χ1v) is 6.97. The molecule has 3 rings (SSSR count). The molecule has 2 N–H and O–H groups in total. The van der Waals surface area contributed by atoms with E-state index in [2.05, 4.69) is 15.1 Å². The maximum Gasteiger partial charge on any atom is 0.253 e. The zero-order chi connectivity index (χ0) is 14.8. The first kappa shape index (κ1) is 13.4. The Bertz CT molecular complexity index is 785. The molecule has 2 heterocycles. The van der Waals surface area contributed by atoms with Crippen molar-refractivity contribution in [1.29, 1.82) is 0 Å². The van der Waals surface area contributed by atoms with Crippen LogP contribution in [0.4, 0.5) is 0 Å². The van der Waals surface area contributed by atoms with E-state index < -0.39 is 0 Å². The van der Waals surface area contributed by atoms with Crippen LogP contribution >= 0.6 is 11.8 Å². The zero-order valence-electron chi connectivity index (χ0n) is 10.7. The molecule has 1 aromatic carbocycles. The second-order valence-electron chi connectivity index (χ2n) is 4.17. The normalized spacial score (nSPS) is 10.9. The lowest BCUT2D eigenvalue weighted by Gasteiger charge is -2.02. The molecule has 0 bridgehead atoms. The van der Waals surface area contributed by atoms with E-state index in [0.29, 0.717) is 10.9 Å². The summed E-state index contributed by atoms with van der Waals surface area (Å²) in [7, 11) is 0. The molecule has 0 aliphatic rings. The highest BCUT2D eigenvalue weighted by atomic mass is 32.2. The van der Waals surface area contributed by atoms with Crippen molar-refractivity contribution in [3.8, 4) is 11.5 Å². The quantitative estimate of drug-likeness (QED) is 0.556. The number of carbonyl (C=O) groups excluding carboxylic acids is 1. The molecule has 106 valence electrons. The number of thioether (sulfide) groups is 1. The summed E-state index contributed by atoms with van der Waals surface area (Å²) >= 11 is 1.16. The van der Waals surface area contributed by atoms with Crippen molar-refractivity contribution in [2.24, 2.45) is 0 Å². The molecule has 0 aliphatic heterocycles. The molecular weight excluding hydrogens is 292 g/mol. The number of phenolic OH excluding ortho intramolecular Hbond substituents is 2. The Hall–Kier alpha value is -2.61. The number of Topliss-reactive ketones (excluding diaryl/α,β-unsaturated/α-hetero) is 1. The number of ketones is 1. The average molecular weight is 302 g/mol. The molecular formula is C13H10N4O3S. The molecule has 0 spiro atoms. The van der Waals surface area contributed by atoms with Crippen molar-refractivity contribution in [2.45, 2.75) is 5.16 Å². The topological polar surface area (TPSA) is 101 Å². The third-order valence-corrected chi connectivity index (χ3v) is 3.55. The number of hydrogen-bond acceptors (Lipinski definition) is 7. The van der Waals surface area contributed by atoms with Crippen LogP contribution in [0.3, 0.4) is 0 Å². The molecule has 0 saturated carbocycles. The number of aromatic nitrogens is 4. The largest absolute Gasteiger partial charge is 0.508 e. The molecule has 3 aromatic rings. The third-order valence-electron chi connectivity index (χ3n) is 2.71. The molecule has 0 saturated heterocycles. The molecule has 2 aromatic heterocycles. The molecule has 0 aliphatic carbocycles. The van der Waals surface area contributed by atoms with E-state index in [1.807, 2.05) is 0 Å². The second kappa shape index (κ2) is 5.41. The predicted molar refractivity (Wildman–Crippen MR) is 75.6 cm³/mol. The van der Waals surface area contributed by atoms with E-state index in [4.69, 9.17) is 0 Å². The molecule has 8 heteroatoms. The average Bonchev–Trinajstić information content (AvgIpc) is 2.87. The highest BCUT2D eigenvalue weighted by Crippen LogP contribution is 2.25. The van der Waals surface area contributed by atoms with Crippen LogP contribution in [0, 0.1) is 0 Å². The first-order chi connectivity index (χ1) is 10.1. The predicted octanol–water partition coefficient (Wildman–Crippen LogP) is 1.51. The summed E-state index contributed by atoms with van der Waals surface area (Å²) in [6, 6.07) is 5.59. The van der Waals surface area contributed by atoms with Crippen LogP contribution < -0.4 is 0 Å². The molecule has 0 amide bonds. The molecule has 0 fully saturated rings. The van der Waals surface area contributed by atoms with Gasteiger partial charge in [-0.25, -0.2) is 9.50 Å². The molecule has 7 nitrogen and oxygen atoms in total. The lowest BCUT2D eigenvalue weighted by Crippen LogP contribution is -2.02. The number of rotatable bonds is 4. The summed E-state index contributed by atoms with van der Waals surface area (Å²) in [4.78, 5) is 20.2. The van der Waals surface area contributed by atoms with Crippen LogP contribution in [0.15, 0.2) is 41.8 Å². The smallest absolute Gasteiger partial charge is 0.253 e. The Balaban J connectivity index is 1.73. The number of phenols is 2. The van der Waals surface area contributed by atoms with Gasteiger partial charge in [0.15, 0.2) is 5.78 Å². The Morgan fingerprint density at radius 2 is 2.19 bits per heavy atom. The Kier molecular flexibility index (Phi) is 3.44. The fourth-order valence-corrected chi connectivity index (χ4v) is 2.45. The molecule has 21 heavy (non-hydrogen) atoms. The minimum Gasteiger partial charge on any atom is -0.508 e. The summed E-state index contributed by atoms with van der Waals surface area (Å²) in [5.74, 6) is -0.0749. The van der Waals surface area contributed by atoms with E-state index in [1.165, 1.54) is 16.6 Å². The second-order valence-corrected chi connectivity index (χ2v) is 5.11. The van der Waals surface area contributed by atoms with Gasteiger partial charge in [0.1, 0.15) is 11.5 Å². The van der Waals surface area contributed by atoms with Crippen LogP contribution in [-0.2, 0) is 0 Å². The van der Waals surface area contributed by atoms with E-state index in [-0.39, 0.29) is 28.6 Å². The van der Waals surface area contributed by atoms with Gasteiger partial charge in [-0.1, -0.05) is 11.8 Å². The standard InChI is InChI=1S/C13H10N4O3S/c18-8-2-3-9(10(19)6-8)11(20)7-21-13-15-12-14-4-1-5-17(12)16-13/h1-6,18-19H,7H2. The van der Waals surface area contributed by atoms with E-state index >= 15 is 0 Å². The summed E-state index contributed by atoms with van der Waals surface area (Å²) < 4.78 is 1.52. The lowest BCUT2D eigenvalue weighted by molar-refractivity contribution is 0.102. The first-order valence-electron chi connectivity index (χ1n) is 5.99. The van der Waals surface area contributed by atoms with E-state index in [9.17, 15) is 15.0 Å². The van der Waals surface area contributed by atoms with Gasteiger partial charge in [-0.15, -0.1) is 5.10 Å². The van der Waals surface area contributed by atoms with Gasteiger partial charge in [0.25, 0.3) is 5.78 Å². The highest BCUT2D eigenvalue weighted by molar-refractivity contribution is 7.99. The van der Waals surface area contributed by atoms with Gasteiger partial charge >= 0.3 is 0 Å². The zero-order valence-corrected chi connectivity index (χ0v) is 11.5. The minimum absolute atomic E-state index is 0.0786. The maximum atomic E-state index is 12.0. The van der Waals surface area contributed by atoms with Gasteiger partial charge in [-0.3, -0.25) is 4.79 Å². The van der Waals surface area contributed by atoms with Crippen LogP contribution in [0.2, 0.25) is 0 Å². The fraction of sp³-hybridized carbons (Fsp3) is 0.0769. The van der Waals surface area contributed by atoms with Crippen molar-refractivity contribution in [1.82, 2.24) is 19.6 Å². The Labute approximate surface area is 123 Å². The van der Waals surface area contributed by atoms with Crippen molar-refractivity contribution in [3.63, 3.8) is 0 Å². The highest BCUT2D eigenvalue weighted by Gasteiger charge is 2.14. The number of hydrogen-bond donors (Lipinski definition) is 2. The van der Waals surface area contributed by atoms with E-state index in [1.54, 1.807) is 18.5 Å². The van der Waals surface area contributed by atoms with Crippen LogP contribution in [0.1, 0.15) is 10.4 Å². The number of aromatic hydroxyl groups is 2. The minimum atomic E-state index is -0.274. The summed E-state index contributed by atoms with van der Waals surface area (Å²) in [5, 5.41) is 23.4. The van der Waals surface area contributed by atoms with Crippen LogP contribution in [0.5, 0.6) is 11.5 Å². The van der Waals surface area contributed by atoms with Crippen molar-refractivity contribution in [3.05, 3.63) is 42.2 Å². The Morgan fingerprint density at radius 1 is 1.33 bits per heavy atom. The van der Waals surface area contributed by atoms with Crippen LogP contribution in [-0.4, -0.2) is 41.3 Å². The van der Waals surface area contributed by atoms with Gasteiger partial charge in [-0.2, -0.15) is 4.98 Å². The SMILES string of the molecule is O=C(CSc1nc2ncccn2n1)c1ccc(O)cc1O. The van der Waals surface area contributed by atoms with Gasteiger partial charge in [0.2, 0.25) is 5.16 Å². The molecule has 0 radical (unpaired) electrons. The maximum absolute atomic E-state index is 12.0. The number of benzene rings is 1. The monoisotopic (exact) mass is 302 g/mol. The Morgan fingerprint density at radius 3 is 2.95 bits per heavy atom. The van der Waals surface area contributed by atoms with Gasteiger partial charge in [-0.05, 0) is 18.2 Å². The van der Waals surface area contributed by atoms with Gasteiger partial charge in [0.05, 0.1) is 11.3 Å². The number of nitrogens with zero attached hydrogens (tertiary/aromatic N) is 4. The molecule has 0 unspecified atom stereocenters. The molecule has 0 atom stereocenters. The number of carbonyl (C=O) groups is 1.